The molecule has 7 nitrogen and oxygen atoms in total. The first-order valence-corrected chi connectivity index (χ1v) is 11.8. The molecule has 4 heterocycles. The molecule has 1 aromatic heterocycles. The van der Waals surface area contributed by atoms with E-state index in [4.69, 9.17) is 16.0 Å². The number of carbonyl (C=O) groups excluding carboxylic acids is 2. The summed E-state index contributed by atoms with van der Waals surface area (Å²) < 4.78 is 6.26. The summed E-state index contributed by atoms with van der Waals surface area (Å²) in [6.45, 7) is 3.56. The van der Waals surface area contributed by atoms with Crippen LogP contribution in [0.15, 0.2) is 16.5 Å². The number of urea groups is 1. The van der Waals surface area contributed by atoms with Crippen LogP contribution in [0.4, 0.5) is 10.5 Å². The summed E-state index contributed by atoms with van der Waals surface area (Å²) in [5, 5.41) is 7.34. The van der Waals surface area contributed by atoms with E-state index in [-0.39, 0.29) is 11.9 Å². The lowest BCUT2D eigenvalue weighted by Crippen LogP contribution is -2.52. The van der Waals surface area contributed by atoms with E-state index in [1.165, 1.54) is 6.42 Å². The molecular weight excluding hydrogens is 416 g/mol. The van der Waals surface area contributed by atoms with Gasteiger partial charge in [0, 0.05) is 36.6 Å². The molecule has 2 aromatic rings. The van der Waals surface area contributed by atoms with E-state index >= 15 is 0 Å². The Labute approximate surface area is 186 Å². The smallest absolute Gasteiger partial charge is 0.319 e. The first-order chi connectivity index (χ1) is 15.0. The van der Waals surface area contributed by atoms with E-state index in [9.17, 15) is 9.59 Å². The maximum absolute atomic E-state index is 13.3. The number of benzene rings is 1. The number of anilines is 1. The number of nitrogens with one attached hydrogen (secondary N) is 2. The molecule has 8 heteroatoms. The van der Waals surface area contributed by atoms with Crippen LogP contribution < -0.4 is 10.6 Å². The molecule has 31 heavy (non-hydrogen) atoms. The molecule has 0 unspecified atom stereocenters. The van der Waals surface area contributed by atoms with Crippen LogP contribution in [0.2, 0.25) is 5.02 Å². The highest BCUT2D eigenvalue weighted by molar-refractivity contribution is 6.35. The van der Waals surface area contributed by atoms with Gasteiger partial charge < -0.3 is 20.0 Å². The van der Waals surface area contributed by atoms with E-state index < -0.39 is 5.54 Å². The minimum Gasteiger partial charge on any atom is -0.450 e. The Morgan fingerprint density at radius 1 is 1.13 bits per heavy atom. The number of furan rings is 1. The molecule has 4 aliphatic rings. The third-order valence-corrected chi connectivity index (χ3v) is 7.92. The van der Waals surface area contributed by atoms with Crippen molar-refractivity contribution in [1.29, 1.82) is 0 Å². The van der Waals surface area contributed by atoms with E-state index in [0.717, 1.165) is 75.7 Å². The van der Waals surface area contributed by atoms with Gasteiger partial charge in [-0.25, -0.2) is 4.79 Å². The van der Waals surface area contributed by atoms with Crippen molar-refractivity contribution in [2.75, 3.05) is 31.5 Å². The molecule has 164 valence electrons. The minimum atomic E-state index is -0.493. The average Bonchev–Trinajstić information content (AvgIpc) is 3.40. The maximum atomic E-state index is 13.3. The number of rotatable bonds is 1. The largest absolute Gasteiger partial charge is 0.450 e. The zero-order valence-corrected chi connectivity index (χ0v) is 18.3. The first-order valence-electron chi connectivity index (χ1n) is 11.4. The van der Waals surface area contributed by atoms with Gasteiger partial charge in [-0.05, 0) is 44.4 Å². The maximum Gasteiger partial charge on any atom is 0.319 e. The number of amides is 3. The van der Waals surface area contributed by atoms with Gasteiger partial charge in [0.1, 0.15) is 5.58 Å². The van der Waals surface area contributed by atoms with Gasteiger partial charge in [-0.3, -0.25) is 9.69 Å². The van der Waals surface area contributed by atoms with Gasteiger partial charge in [0.2, 0.25) is 0 Å². The van der Waals surface area contributed by atoms with Crippen LogP contribution in [0.3, 0.4) is 0 Å². The van der Waals surface area contributed by atoms with E-state index in [0.29, 0.717) is 28.1 Å². The van der Waals surface area contributed by atoms with Gasteiger partial charge in [-0.1, -0.05) is 30.9 Å². The lowest BCUT2D eigenvalue weighted by atomic mass is 9.74. The number of carbonyl (C=O) groups is 2. The summed E-state index contributed by atoms with van der Waals surface area (Å²) in [6.07, 6.45) is 7.27. The van der Waals surface area contributed by atoms with Crippen LogP contribution in [0.25, 0.3) is 11.0 Å². The average molecular weight is 443 g/mol. The zero-order valence-electron chi connectivity index (χ0n) is 17.5. The second-order valence-corrected chi connectivity index (χ2v) is 9.85. The van der Waals surface area contributed by atoms with Crippen LogP contribution in [0.1, 0.15) is 61.1 Å². The fourth-order valence-electron chi connectivity index (χ4n) is 6.12. The van der Waals surface area contributed by atoms with Gasteiger partial charge in [0.05, 0.1) is 16.2 Å². The first kappa shape index (κ1) is 19.4. The van der Waals surface area contributed by atoms with Crippen molar-refractivity contribution in [3.8, 4) is 0 Å². The van der Waals surface area contributed by atoms with Crippen molar-refractivity contribution >= 4 is 40.2 Å². The monoisotopic (exact) mass is 442 g/mol. The van der Waals surface area contributed by atoms with Gasteiger partial charge >= 0.3 is 6.03 Å². The fraction of sp³-hybridized carbons (Fsp3) is 0.565. The van der Waals surface area contributed by atoms with Crippen molar-refractivity contribution in [2.24, 2.45) is 0 Å². The Kier molecular flexibility index (Phi) is 4.47. The highest BCUT2D eigenvalue weighted by Crippen LogP contribution is 2.49. The molecule has 2 saturated heterocycles. The van der Waals surface area contributed by atoms with Crippen molar-refractivity contribution in [1.82, 2.24) is 15.1 Å². The molecule has 3 aliphatic heterocycles. The van der Waals surface area contributed by atoms with E-state index in [1.807, 2.05) is 11.0 Å². The summed E-state index contributed by atoms with van der Waals surface area (Å²) in [5.41, 5.74) is 1.69. The lowest BCUT2D eigenvalue weighted by Gasteiger charge is -2.42. The number of piperazine rings is 1. The zero-order chi connectivity index (χ0) is 21.2. The normalized spacial score (nSPS) is 25.3. The van der Waals surface area contributed by atoms with Crippen LogP contribution in [0.5, 0.6) is 0 Å². The third kappa shape index (κ3) is 3.04. The molecule has 2 N–H and O–H groups in total. The van der Waals surface area contributed by atoms with Crippen molar-refractivity contribution in [2.45, 2.75) is 56.5 Å². The minimum absolute atomic E-state index is 0.0573. The standard InChI is InChI=1S/C23H27ClN4O3/c24-16-11-14-12-17(21(29)28-10-9-27-8-4-5-15(27)13-28)31-20(14)18-19(16)25-22(30)26-23(18)6-2-1-3-7-23/h11-12,15H,1-10,13H2,(H2,25,26,30)/t15-/m0/s1. The van der Waals surface area contributed by atoms with Gasteiger partial charge in [-0.15, -0.1) is 0 Å². The molecule has 1 spiro atoms. The quantitative estimate of drug-likeness (QED) is 0.690. The topological polar surface area (TPSA) is 77.8 Å². The van der Waals surface area contributed by atoms with Gasteiger partial charge in [0.15, 0.2) is 5.76 Å². The van der Waals surface area contributed by atoms with Crippen molar-refractivity contribution < 1.29 is 14.0 Å². The molecule has 1 aromatic carbocycles. The summed E-state index contributed by atoms with van der Waals surface area (Å²) >= 11 is 6.60. The highest BCUT2D eigenvalue weighted by Gasteiger charge is 2.44. The van der Waals surface area contributed by atoms with Gasteiger partial charge in [-0.2, -0.15) is 0 Å². The molecule has 1 aliphatic carbocycles. The highest BCUT2D eigenvalue weighted by atomic mass is 35.5. The fourth-order valence-corrected chi connectivity index (χ4v) is 6.38. The number of hydrogen-bond donors (Lipinski definition) is 2. The van der Waals surface area contributed by atoms with Crippen molar-refractivity contribution in [3.63, 3.8) is 0 Å². The summed E-state index contributed by atoms with van der Waals surface area (Å²) in [7, 11) is 0. The van der Waals surface area contributed by atoms with Crippen LogP contribution >= 0.6 is 11.6 Å². The van der Waals surface area contributed by atoms with Crippen LogP contribution in [0, 0.1) is 0 Å². The molecule has 1 saturated carbocycles. The van der Waals surface area contributed by atoms with Crippen LogP contribution in [-0.4, -0.2) is 54.0 Å². The Morgan fingerprint density at radius 3 is 2.81 bits per heavy atom. The molecule has 0 bridgehead atoms. The SMILES string of the molecule is O=C1Nc2c(Cl)cc3cc(C(=O)N4CCN5CCC[C@H]5C4)oc3c2C2(CCCCC2)N1. The molecule has 3 amide bonds. The molecular formula is C23H27ClN4O3. The van der Waals surface area contributed by atoms with E-state index in [2.05, 4.69) is 15.5 Å². The molecule has 6 rings (SSSR count). The Hall–Kier alpha value is -2.25. The Bertz CT molecular complexity index is 1070. The third-order valence-electron chi connectivity index (χ3n) is 7.62. The molecule has 1 atom stereocenters. The number of halogens is 1. The Balaban J connectivity index is 1.41. The van der Waals surface area contributed by atoms with Crippen LogP contribution in [-0.2, 0) is 5.54 Å². The van der Waals surface area contributed by atoms with Crippen molar-refractivity contribution in [3.05, 3.63) is 28.5 Å². The summed E-state index contributed by atoms with van der Waals surface area (Å²) in [4.78, 5) is 30.2. The number of nitrogens with zero attached hydrogens (tertiary/aromatic N) is 2. The lowest BCUT2D eigenvalue weighted by molar-refractivity contribution is 0.0543. The summed E-state index contributed by atoms with van der Waals surface area (Å²) in [5.74, 6) is 0.298. The number of hydrogen-bond acceptors (Lipinski definition) is 4. The predicted octanol–water partition coefficient (Wildman–Crippen LogP) is 4.30. The predicted molar refractivity (Wildman–Crippen MR) is 119 cm³/mol. The second kappa shape index (κ2) is 7.14. The number of fused-ring (bicyclic) bond motifs is 5. The Morgan fingerprint density at radius 2 is 1.97 bits per heavy atom. The molecule has 3 fully saturated rings. The van der Waals surface area contributed by atoms with Gasteiger partial charge in [0.25, 0.3) is 5.91 Å². The second-order valence-electron chi connectivity index (χ2n) is 9.44. The van der Waals surface area contributed by atoms with E-state index in [1.54, 1.807) is 6.07 Å². The summed E-state index contributed by atoms with van der Waals surface area (Å²) in [6, 6.07) is 3.85. The molecule has 0 radical (unpaired) electrons.